The van der Waals surface area contributed by atoms with Crippen molar-refractivity contribution in [1.82, 2.24) is 9.55 Å². The summed E-state index contributed by atoms with van der Waals surface area (Å²) in [5, 5.41) is 0. The molecule has 1 aromatic heterocycles. The van der Waals surface area contributed by atoms with E-state index in [1.165, 1.54) is 23.2 Å². The van der Waals surface area contributed by atoms with Gasteiger partial charge in [0.2, 0.25) is 0 Å². The van der Waals surface area contributed by atoms with Gasteiger partial charge in [-0.1, -0.05) is 11.8 Å². The maximum atomic E-state index is 11.4. The molecule has 0 aliphatic heterocycles. The summed E-state index contributed by atoms with van der Waals surface area (Å²) in [5.74, 6) is 6.46. The topological polar surface area (TPSA) is 70.1 Å². The molecule has 0 amide bonds. The molecule has 0 aliphatic rings. The van der Waals surface area contributed by atoms with Crippen molar-refractivity contribution in [2.24, 2.45) is 5.73 Å². The van der Waals surface area contributed by atoms with Gasteiger partial charge in [-0.15, -0.1) is 0 Å². The van der Waals surface area contributed by atoms with Crippen molar-refractivity contribution < 1.29 is 4.74 Å². The molecule has 0 spiro atoms. The van der Waals surface area contributed by atoms with Gasteiger partial charge in [-0.3, -0.25) is 9.36 Å². The summed E-state index contributed by atoms with van der Waals surface area (Å²) in [7, 11) is 0. The molecule has 0 aliphatic carbocycles. The second-order valence-electron chi connectivity index (χ2n) is 3.99. The highest BCUT2D eigenvalue weighted by atomic mass is 16.5. The molecule has 0 saturated heterocycles. The lowest BCUT2D eigenvalue weighted by molar-refractivity contribution is 0.295. The molecule has 5 nitrogen and oxygen atoms in total. The molecule has 102 valence electrons. The summed E-state index contributed by atoms with van der Waals surface area (Å²) in [5.41, 5.74) is 6.12. The van der Waals surface area contributed by atoms with Crippen LogP contribution in [0.2, 0.25) is 0 Å². The highest BCUT2D eigenvalue weighted by molar-refractivity contribution is 5.38. The third-order valence-electron chi connectivity index (χ3n) is 2.58. The van der Waals surface area contributed by atoms with E-state index in [1.54, 1.807) is 0 Å². The maximum absolute atomic E-state index is 11.4. The summed E-state index contributed by atoms with van der Waals surface area (Å²) >= 11 is 0. The maximum Gasteiger partial charge on any atom is 0.253 e. The molecule has 20 heavy (non-hydrogen) atoms. The van der Waals surface area contributed by atoms with E-state index in [-0.39, 0.29) is 5.56 Å². The average Bonchev–Trinajstić information content (AvgIpc) is 2.48. The van der Waals surface area contributed by atoms with E-state index in [4.69, 9.17) is 10.5 Å². The lowest BCUT2D eigenvalue weighted by Crippen LogP contribution is -2.22. The van der Waals surface area contributed by atoms with E-state index >= 15 is 0 Å². The molecule has 0 radical (unpaired) electrons. The molecule has 2 rings (SSSR count). The predicted octanol–water partition coefficient (Wildman–Crippen LogP) is 0.632. The zero-order chi connectivity index (χ0) is 14.2. The van der Waals surface area contributed by atoms with Crippen molar-refractivity contribution in [2.45, 2.75) is 6.54 Å². The fraction of sp³-hybridized carbons (Fsp3) is 0.200. The van der Waals surface area contributed by atoms with Crippen molar-refractivity contribution >= 4 is 0 Å². The Morgan fingerprint density at radius 3 is 2.75 bits per heavy atom. The van der Waals surface area contributed by atoms with Gasteiger partial charge in [0.1, 0.15) is 12.4 Å². The van der Waals surface area contributed by atoms with Gasteiger partial charge < -0.3 is 10.5 Å². The van der Waals surface area contributed by atoms with E-state index in [1.807, 2.05) is 24.3 Å². The number of hydrogen-bond acceptors (Lipinski definition) is 4. The Kier molecular flexibility index (Phi) is 4.93. The van der Waals surface area contributed by atoms with Gasteiger partial charge >= 0.3 is 0 Å². The lowest BCUT2D eigenvalue weighted by Gasteiger charge is -2.07. The van der Waals surface area contributed by atoms with Crippen LogP contribution in [0.4, 0.5) is 0 Å². The van der Waals surface area contributed by atoms with Gasteiger partial charge in [0.25, 0.3) is 5.56 Å². The molecule has 0 fully saturated rings. The number of ether oxygens (including phenoxy) is 1. The minimum atomic E-state index is -0.0870. The van der Waals surface area contributed by atoms with Crippen LogP contribution in [0.3, 0.4) is 0 Å². The van der Waals surface area contributed by atoms with E-state index in [2.05, 4.69) is 16.8 Å². The smallest absolute Gasteiger partial charge is 0.253 e. The first-order chi connectivity index (χ1) is 9.79. The first-order valence-electron chi connectivity index (χ1n) is 6.22. The normalized spacial score (nSPS) is 9.65. The van der Waals surface area contributed by atoms with Crippen molar-refractivity contribution in [3.8, 4) is 17.6 Å². The highest BCUT2D eigenvalue weighted by Gasteiger charge is 1.97. The zero-order valence-corrected chi connectivity index (χ0v) is 11.0. The fourth-order valence-electron chi connectivity index (χ4n) is 1.60. The second kappa shape index (κ2) is 7.12. The largest absolute Gasteiger partial charge is 0.492 e. The van der Waals surface area contributed by atoms with Crippen LogP contribution in [0, 0.1) is 11.8 Å². The summed E-state index contributed by atoms with van der Waals surface area (Å²) in [4.78, 5) is 15.3. The van der Waals surface area contributed by atoms with Gasteiger partial charge in [-0.05, 0) is 24.3 Å². The zero-order valence-electron chi connectivity index (χ0n) is 11.0. The van der Waals surface area contributed by atoms with Crippen molar-refractivity contribution in [1.29, 1.82) is 0 Å². The van der Waals surface area contributed by atoms with E-state index < -0.39 is 0 Å². The minimum Gasteiger partial charge on any atom is -0.492 e. The van der Waals surface area contributed by atoms with Crippen LogP contribution in [0.25, 0.3) is 0 Å². The monoisotopic (exact) mass is 269 g/mol. The highest BCUT2D eigenvalue weighted by Crippen LogP contribution is 2.11. The van der Waals surface area contributed by atoms with Crippen LogP contribution in [0.1, 0.15) is 5.56 Å². The molecule has 0 bridgehead atoms. The Morgan fingerprint density at radius 2 is 2.05 bits per heavy atom. The van der Waals surface area contributed by atoms with Crippen LogP contribution >= 0.6 is 0 Å². The molecular formula is C15H15N3O2. The number of nitrogens with two attached hydrogens (primary N) is 1. The first-order valence-corrected chi connectivity index (χ1v) is 6.22. The standard InChI is InChI=1S/C15H15N3O2/c16-8-1-2-13-3-5-14(6-4-13)20-11-10-18-12-17-9-7-15(18)19/h3-7,9,12H,8,10-11,16H2. The minimum absolute atomic E-state index is 0.0870. The number of hydrogen-bond donors (Lipinski definition) is 1. The van der Waals surface area contributed by atoms with Crippen LogP contribution < -0.4 is 16.0 Å². The van der Waals surface area contributed by atoms with Crippen LogP contribution in [-0.4, -0.2) is 22.7 Å². The Bertz CT molecular complexity index is 666. The van der Waals surface area contributed by atoms with Gasteiger partial charge in [0, 0.05) is 17.8 Å². The van der Waals surface area contributed by atoms with Crippen molar-refractivity contribution in [2.75, 3.05) is 13.2 Å². The molecule has 2 N–H and O–H groups in total. The van der Waals surface area contributed by atoms with Gasteiger partial charge in [0.15, 0.2) is 0 Å². The molecular weight excluding hydrogens is 254 g/mol. The number of nitrogens with zero attached hydrogens (tertiary/aromatic N) is 2. The number of rotatable bonds is 4. The molecule has 2 aromatic rings. The number of benzene rings is 1. The van der Waals surface area contributed by atoms with E-state index in [0.717, 1.165) is 11.3 Å². The summed E-state index contributed by atoms with van der Waals surface area (Å²) in [6.07, 6.45) is 2.97. The Balaban J connectivity index is 1.88. The second-order valence-corrected chi connectivity index (χ2v) is 3.99. The third kappa shape index (κ3) is 3.97. The fourth-order valence-corrected chi connectivity index (χ4v) is 1.60. The first kappa shape index (κ1) is 13.8. The summed E-state index contributed by atoms with van der Waals surface area (Å²) < 4.78 is 7.07. The quantitative estimate of drug-likeness (QED) is 0.827. The lowest BCUT2D eigenvalue weighted by atomic mass is 10.2. The van der Waals surface area contributed by atoms with Gasteiger partial charge in [-0.25, -0.2) is 4.98 Å². The van der Waals surface area contributed by atoms with Gasteiger partial charge in [0.05, 0.1) is 19.4 Å². The molecule has 0 saturated carbocycles. The molecule has 1 heterocycles. The summed E-state index contributed by atoms with van der Waals surface area (Å²) in [6, 6.07) is 8.84. The molecule has 0 unspecified atom stereocenters. The van der Waals surface area contributed by atoms with Crippen LogP contribution in [0.5, 0.6) is 5.75 Å². The average molecular weight is 269 g/mol. The van der Waals surface area contributed by atoms with E-state index in [9.17, 15) is 4.79 Å². The Hall–Kier alpha value is -2.58. The molecule has 5 heteroatoms. The van der Waals surface area contributed by atoms with Crippen LogP contribution in [-0.2, 0) is 6.54 Å². The predicted molar refractivity (Wildman–Crippen MR) is 76.4 cm³/mol. The Morgan fingerprint density at radius 1 is 1.25 bits per heavy atom. The SMILES string of the molecule is NCC#Cc1ccc(OCCn2cnccc2=O)cc1. The molecule has 0 atom stereocenters. The van der Waals surface area contributed by atoms with Gasteiger partial charge in [-0.2, -0.15) is 0 Å². The number of aromatic nitrogens is 2. The van der Waals surface area contributed by atoms with Crippen molar-refractivity contribution in [3.63, 3.8) is 0 Å². The summed E-state index contributed by atoms with van der Waals surface area (Å²) in [6.45, 7) is 1.21. The van der Waals surface area contributed by atoms with Crippen LogP contribution in [0.15, 0.2) is 47.7 Å². The molecule has 1 aromatic carbocycles. The third-order valence-corrected chi connectivity index (χ3v) is 2.58. The van der Waals surface area contributed by atoms with Crippen molar-refractivity contribution in [3.05, 3.63) is 58.8 Å². The Labute approximate surface area is 117 Å². The van der Waals surface area contributed by atoms with E-state index in [0.29, 0.717) is 19.7 Å².